The minimum Gasteiger partial charge on any atom is -0.453 e. The third-order valence-electron chi connectivity index (χ3n) is 11.9. The van der Waals surface area contributed by atoms with Gasteiger partial charge in [0.25, 0.3) is 0 Å². The second-order valence-electron chi connectivity index (χ2n) is 15.2. The van der Waals surface area contributed by atoms with Crippen LogP contribution in [0.25, 0.3) is 65.7 Å². The van der Waals surface area contributed by atoms with Crippen molar-refractivity contribution < 1.29 is 9.47 Å². The third kappa shape index (κ3) is 5.21. The van der Waals surface area contributed by atoms with E-state index in [1.807, 2.05) is 6.07 Å². The zero-order valence-electron chi connectivity index (χ0n) is 31.5. The van der Waals surface area contributed by atoms with Crippen molar-refractivity contribution in [1.82, 2.24) is 0 Å². The van der Waals surface area contributed by atoms with Crippen molar-refractivity contribution in [3.63, 3.8) is 0 Å². The molecule has 0 N–H and O–H groups in total. The monoisotopic (exact) mass is 741 g/mol. The number of anilines is 3. The fourth-order valence-corrected chi connectivity index (χ4v) is 9.18. The van der Waals surface area contributed by atoms with Crippen LogP contribution < -0.4 is 14.4 Å². The normalized spacial score (nSPS) is 12.4. The number of fused-ring (bicyclic) bond motifs is 7. The molecule has 10 aromatic rings. The van der Waals surface area contributed by atoms with Crippen LogP contribution in [-0.2, 0) is 6.42 Å². The first kappa shape index (κ1) is 32.6. The van der Waals surface area contributed by atoms with E-state index in [1.54, 1.807) is 0 Å². The third-order valence-corrected chi connectivity index (χ3v) is 11.9. The fourth-order valence-electron chi connectivity index (χ4n) is 9.18. The van der Waals surface area contributed by atoms with Crippen molar-refractivity contribution >= 4 is 49.4 Å². The summed E-state index contributed by atoms with van der Waals surface area (Å²) in [7, 11) is 0. The van der Waals surface area contributed by atoms with E-state index < -0.39 is 0 Å². The lowest BCUT2D eigenvalue weighted by atomic mass is 9.89. The highest BCUT2D eigenvalue weighted by atomic mass is 16.5. The predicted octanol–water partition coefficient (Wildman–Crippen LogP) is 15.4. The Morgan fingerprint density at radius 3 is 1.60 bits per heavy atom. The molecule has 12 rings (SSSR count). The van der Waals surface area contributed by atoms with Crippen LogP contribution in [0.2, 0.25) is 0 Å². The van der Waals surface area contributed by atoms with Gasteiger partial charge >= 0.3 is 0 Å². The second-order valence-corrected chi connectivity index (χ2v) is 15.2. The molecule has 10 aromatic carbocycles. The van der Waals surface area contributed by atoms with E-state index >= 15 is 0 Å². The Kier molecular flexibility index (Phi) is 7.29. The number of benzene rings is 10. The first-order chi connectivity index (χ1) is 28.7. The second kappa shape index (κ2) is 13.0. The number of rotatable bonds is 5. The van der Waals surface area contributed by atoms with Gasteiger partial charge in [0.05, 0.1) is 11.4 Å². The van der Waals surface area contributed by atoms with Crippen molar-refractivity contribution in [3.8, 4) is 56.4 Å². The van der Waals surface area contributed by atoms with Crippen LogP contribution in [0, 0.1) is 0 Å². The molecule has 0 amide bonds. The van der Waals surface area contributed by atoms with E-state index in [9.17, 15) is 0 Å². The Morgan fingerprint density at radius 1 is 0.345 bits per heavy atom. The van der Waals surface area contributed by atoms with E-state index in [-0.39, 0.29) is 0 Å². The van der Waals surface area contributed by atoms with Crippen molar-refractivity contribution in [2.45, 2.75) is 6.42 Å². The molecule has 0 radical (unpaired) electrons. The summed E-state index contributed by atoms with van der Waals surface area (Å²) in [6.07, 6.45) is 0.803. The van der Waals surface area contributed by atoms with Gasteiger partial charge in [0.1, 0.15) is 5.69 Å². The molecule has 0 aromatic heterocycles. The van der Waals surface area contributed by atoms with Gasteiger partial charge in [-0.1, -0.05) is 158 Å². The van der Waals surface area contributed by atoms with Crippen molar-refractivity contribution in [2.75, 3.05) is 4.90 Å². The van der Waals surface area contributed by atoms with Gasteiger partial charge < -0.3 is 9.47 Å². The standard InChI is InChI=1S/C55H35NO2/c1-2-13-35(14-3-1)37-25-27-49-51(31-37)57-53-33-42(47-24-12-19-36-15-4-9-21-44(36)47)34-54-55(53)56(49)50-28-26-41(32-52(50)58-54)43-20-8-5-18-40(43)30-48-45-22-10-6-16-38(45)29-39-17-7-11-23-46(39)48/h1-29,31-34H,30H2. The minimum atomic E-state index is 0.762. The van der Waals surface area contributed by atoms with Gasteiger partial charge in [-0.05, 0) is 126 Å². The molecule has 0 fully saturated rings. The highest BCUT2D eigenvalue weighted by Gasteiger charge is 2.36. The van der Waals surface area contributed by atoms with Gasteiger partial charge in [-0.25, -0.2) is 0 Å². The van der Waals surface area contributed by atoms with Crippen molar-refractivity contribution in [1.29, 1.82) is 0 Å². The van der Waals surface area contributed by atoms with Crippen LogP contribution in [0.1, 0.15) is 11.1 Å². The Hall–Kier alpha value is -7.62. The molecular formula is C55H35NO2. The highest BCUT2D eigenvalue weighted by molar-refractivity contribution is 6.03. The summed E-state index contributed by atoms with van der Waals surface area (Å²) >= 11 is 0. The van der Waals surface area contributed by atoms with Crippen molar-refractivity contribution in [3.05, 3.63) is 211 Å². The lowest BCUT2D eigenvalue weighted by Crippen LogP contribution is -2.20. The molecule has 272 valence electrons. The van der Waals surface area contributed by atoms with Gasteiger partial charge in [0, 0.05) is 0 Å². The summed E-state index contributed by atoms with van der Waals surface area (Å²) < 4.78 is 13.9. The molecule has 0 saturated heterocycles. The Morgan fingerprint density at radius 2 is 0.879 bits per heavy atom. The molecule has 0 bridgehead atoms. The topological polar surface area (TPSA) is 21.7 Å². The largest absolute Gasteiger partial charge is 0.453 e. The smallest absolute Gasteiger partial charge is 0.156 e. The average molecular weight is 742 g/mol. The van der Waals surface area contributed by atoms with E-state index in [0.29, 0.717) is 0 Å². The van der Waals surface area contributed by atoms with E-state index in [4.69, 9.17) is 9.47 Å². The van der Waals surface area contributed by atoms with Gasteiger partial charge in [0.2, 0.25) is 0 Å². The molecule has 0 spiro atoms. The Labute approximate surface area is 336 Å². The summed E-state index contributed by atoms with van der Waals surface area (Å²) in [6, 6.07) is 71.6. The van der Waals surface area contributed by atoms with Crippen LogP contribution in [0.3, 0.4) is 0 Å². The van der Waals surface area contributed by atoms with Gasteiger partial charge in [0.15, 0.2) is 23.0 Å². The van der Waals surface area contributed by atoms with E-state index in [2.05, 4.69) is 199 Å². The molecule has 0 atom stereocenters. The molecule has 58 heavy (non-hydrogen) atoms. The highest BCUT2D eigenvalue weighted by Crippen LogP contribution is 2.61. The van der Waals surface area contributed by atoms with Gasteiger partial charge in [-0.3, -0.25) is 4.90 Å². The lowest BCUT2D eigenvalue weighted by molar-refractivity contribution is 0.446. The molecule has 2 aliphatic rings. The molecule has 2 heterocycles. The summed E-state index contributed by atoms with van der Waals surface area (Å²) in [5.41, 5.74) is 12.2. The maximum atomic E-state index is 7.02. The summed E-state index contributed by atoms with van der Waals surface area (Å²) in [4.78, 5) is 2.32. The maximum absolute atomic E-state index is 7.02. The zero-order valence-corrected chi connectivity index (χ0v) is 31.5. The van der Waals surface area contributed by atoms with Crippen LogP contribution in [0.4, 0.5) is 17.1 Å². The maximum Gasteiger partial charge on any atom is 0.156 e. The molecule has 2 aliphatic heterocycles. The van der Waals surface area contributed by atoms with Gasteiger partial charge in [-0.15, -0.1) is 0 Å². The molecule has 0 saturated carbocycles. The molecule has 3 heteroatoms. The molecule has 0 unspecified atom stereocenters. The first-order valence-corrected chi connectivity index (χ1v) is 19.9. The summed E-state index contributed by atoms with van der Waals surface area (Å²) in [6.45, 7) is 0. The van der Waals surface area contributed by atoms with Crippen LogP contribution in [0.5, 0.6) is 23.0 Å². The first-order valence-electron chi connectivity index (χ1n) is 19.9. The molecule has 3 nitrogen and oxygen atoms in total. The van der Waals surface area contributed by atoms with Crippen molar-refractivity contribution in [2.24, 2.45) is 0 Å². The van der Waals surface area contributed by atoms with Crippen LogP contribution in [-0.4, -0.2) is 0 Å². The molecule has 0 aliphatic carbocycles. The number of hydrogen-bond donors (Lipinski definition) is 0. The average Bonchev–Trinajstić information content (AvgIpc) is 3.28. The van der Waals surface area contributed by atoms with E-state index in [1.165, 1.54) is 49.0 Å². The summed E-state index contributed by atoms with van der Waals surface area (Å²) in [5.74, 6) is 3.13. The Balaban J connectivity index is 1.02. The lowest BCUT2D eigenvalue weighted by Gasteiger charge is -2.38. The Bertz CT molecular complexity index is 3220. The molecular weight excluding hydrogens is 707 g/mol. The SMILES string of the molecule is c1ccc(-c2ccc3c(c2)Oc2cc(-c4cccc5ccccc45)cc4c2N3c2ccc(-c3ccccc3Cc3c5ccccc5cc5ccccc35)cc2O4)cc1. The minimum absolute atomic E-state index is 0.762. The summed E-state index contributed by atoms with van der Waals surface area (Å²) in [5, 5.41) is 7.49. The fraction of sp³-hybridized carbons (Fsp3) is 0.0182. The van der Waals surface area contributed by atoms with Gasteiger partial charge in [-0.2, -0.15) is 0 Å². The number of nitrogens with zero attached hydrogens (tertiary/aromatic N) is 1. The van der Waals surface area contributed by atoms with Crippen LogP contribution in [0.15, 0.2) is 200 Å². The zero-order chi connectivity index (χ0) is 38.2. The predicted molar refractivity (Wildman–Crippen MR) is 239 cm³/mol. The quantitative estimate of drug-likeness (QED) is 0.164. The number of hydrogen-bond acceptors (Lipinski definition) is 3. The van der Waals surface area contributed by atoms with E-state index in [0.717, 1.165) is 74.3 Å². The van der Waals surface area contributed by atoms with Crippen LogP contribution >= 0.6 is 0 Å². The number of ether oxygens (including phenoxy) is 2.